The lowest BCUT2D eigenvalue weighted by molar-refractivity contribution is 0.122. The monoisotopic (exact) mass is 323 g/mol. The second-order valence-corrected chi connectivity index (χ2v) is 5.44. The second-order valence-electron chi connectivity index (χ2n) is 4.65. The quantitative estimate of drug-likeness (QED) is 0.757. The van der Waals surface area contributed by atoms with Gasteiger partial charge in [-0.2, -0.15) is 0 Å². The van der Waals surface area contributed by atoms with Gasteiger partial charge in [0.2, 0.25) is 0 Å². The van der Waals surface area contributed by atoms with Gasteiger partial charge in [0.1, 0.15) is 10.1 Å². The van der Waals surface area contributed by atoms with Crippen LogP contribution in [0.2, 0.25) is 0 Å². The molecule has 19 heavy (non-hydrogen) atoms. The van der Waals surface area contributed by atoms with E-state index < -0.39 is 0 Å². The van der Waals surface area contributed by atoms with E-state index in [1.165, 1.54) is 0 Å². The molecule has 0 atom stereocenters. The maximum atomic E-state index is 11.9. The number of aryl methyl sites for hydroxylation is 1. The first-order valence-corrected chi connectivity index (χ1v) is 7.02. The molecule has 2 aromatic rings. The van der Waals surface area contributed by atoms with Crippen LogP contribution in [0.1, 0.15) is 5.56 Å². The zero-order valence-electron chi connectivity index (χ0n) is 10.6. The Hall–Kier alpha value is -1.33. The highest BCUT2D eigenvalue weighted by atomic mass is 79.9. The molecule has 4 nitrogen and oxygen atoms in total. The fraction of sp³-hybridized carbons (Fsp3) is 0.357. The molecule has 0 aliphatic carbocycles. The van der Waals surface area contributed by atoms with Crippen molar-refractivity contribution in [3.8, 4) is 0 Å². The molecule has 0 amide bonds. The average molecular weight is 324 g/mol. The van der Waals surface area contributed by atoms with E-state index in [1.807, 2.05) is 25.1 Å². The number of nitrogens with zero attached hydrogens (tertiary/aromatic N) is 1. The van der Waals surface area contributed by atoms with Crippen molar-refractivity contribution in [1.29, 1.82) is 0 Å². The summed E-state index contributed by atoms with van der Waals surface area (Å²) in [5.74, 6) is 0. The minimum absolute atomic E-state index is 0.335. The summed E-state index contributed by atoms with van der Waals surface area (Å²) in [6.07, 6.45) is 0. The number of anilines is 1. The first kappa shape index (κ1) is 12.7. The van der Waals surface area contributed by atoms with Crippen molar-refractivity contribution >= 4 is 32.6 Å². The summed E-state index contributed by atoms with van der Waals surface area (Å²) in [7, 11) is 0. The number of benzene rings is 1. The highest BCUT2D eigenvalue weighted by Crippen LogP contribution is 2.33. The molecular formula is C14H14BrNO3. The Balaban J connectivity index is 2.27. The summed E-state index contributed by atoms with van der Waals surface area (Å²) in [5.41, 5.74) is 2.35. The minimum Gasteiger partial charge on any atom is -0.422 e. The molecule has 0 spiro atoms. The van der Waals surface area contributed by atoms with Crippen LogP contribution in [0.15, 0.2) is 31.9 Å². The molecule has 1 aromatic carbocycles. The number of hydrogen-bond donors (Lipinski definition) is 0. The fourth-order valence-corrected chi connectivity index (χ4v) is 2.92. The lowest BCUT2D eigenvalue weighted by Crippen LogP contribution is -2.37. The molecule has 1 aliphatic heterocycles. The molecule has 0 saturated carbocycles. The van der Waals surface area contributed by atoms with Crippen LogP contribution in [0, 0.1) is 6.92 Å². The Morgan fingerprint density at radius 2 is 2.00 bits per heavy atom. The first-order chi connectivity index (χ1) is 9.16. The van der Waals surface area contributed by atoms with Crippen molar-refractivity contribution in [1.82, 2.24) is 0 Å². The van der Waals surface area contributed by atoms with Gasteiger partial charge in [0.15, 0.2) is 0 Å². The van der Waals surface area contributed by atoms with Crippen LogP contribution >= 0.6 is 15.9 Å². The summed E-state index contributed by atoms with van der Waals surface area (Å²) in [6.45, 7) is 4.96. The molecule has 0 unspecified atom stereocenters. The first-order valence-electron chi connectivity index (χ1n) is 6.22. The molecule has 2 heterocycles. The van der Waals surface area contributed by atoms with E-state index in [2.05, 4.69) is 20.8 Å². The van der Waals surface area contributed by atoms with Crippen molar-refractivity contribution in [2.24, 2.45) is 0 Å². The van der Waals surface area contributed by atoms with Gasteiger partial charge < -0.3 is 14.1 Å². The maximum absolute atomic E-state index is 11.9. The molecule has 100 valence electrons. The van der Waals surface area contributed by atoms with Gasteiger partial charge in [-0.3, -0.25) is 0 Å². The third-order valence-electron chi connectivity index (χ3n) is 3.31. The molecule has 0 N–H and O–H groups in total. The molecule has 0 radical (unpaired) electrons. The van der Waals surface area contributed by atoms with Gasteiger partial charge in [-0.15, -0.1) is 0 Å². The van der Waals surface area contributed by atoms with E-state index in [0.717, 1.165) is 29.7 Å². The van der Waals surface area contributed by atoms with Crippen LogP contribution in [0.4, 0.5) is 5.69 Å². The Bertz CT molecular complexity index is 674. The van der Waals surface area contributed by atoms with E-state index in [9.17, 15) is 4.79 Å². The van der Waals surface area contributed by atoms with E-state index in [0.29, 0.717) is 23.3 Å². The summed E-state index contributed by atoms with van der Waals surface area (Å²) >= 11 is 3.37. The van der Waals surface area contributed by atoms with Crippen molar-refractivity contribution < 1.29 is 9.15 Å². The summed E-state index contributed by atoms with van der Waals surface area (Å²) in [4.78, 5) is 14.1. The molecule has 1 fully saturated rings. The summed E-state index contributed by atoms with van der Waals surface area (Å²) < 4.78 is 11.2. The lowest BCUT2D eigenvalue weighted by atomic mass is 10.1. The van der Waals surface area contributed by atoms with Gasteiger partial charge in [-0.25, -0.2) is 4.79 Å². The predicted molar refractivity (Wildman–Crippen MR) is 78.0 cm³/mol. The summed E-state index contributed by atoms with van der Waals surface area (Å²) in [5, 5.41) is 0.966. The van der Waals surface area contributed by atoms with Crippen LogP contribution in [-0.2, 0) is 4.74 Å². The van der Waals surface area contributed by atoms with Crippen molar-refractivity contribution in [2.75, 3.05) is 31.2 Å². The SMILES string of the molecule is Cc1ccc2oc(=O)c(Br)c(N3CCOCC3)c2c1. The normalized spacial score (nSPS) is 16.0. The lowest BCUT2D eigenvalue weighted by Gasteiger charge is -2.30. The zero-order valence-corrected chi connectivity index (χ0v) is 12.2. The van der Waals surface area contributed by atoms with Crippen molar-refractivity contribution in [2.45, 2.75) is 6.92 Å². The van der Waals surface area contributed by atoms with Crippen LogP contribution in [-0.4, -0.2) is 26.3 Å². The van der Waals surface area contributed by atoms with Gasteiger partial charge >= 0.3 is 5.63 Å². The van der Waals surface area contributed by atoms with E-state index in [4.69, 9.17) is 9.15 Å². The Labute approximate surface area is 119 Å². The standard InChI is InChI=1S/C14H14BrNO3/c1-9-2-3-11-10(8-9)13(12(15)14(17)19-11)16-4-6-18-7-5-16/h2-3,8H,4-7H2,1H3. The fourth-order valence-electron chi connectivity index (χ4n) is 2.37. The van der Waals surface area contributed by atoms with E-state index in [1.54, 1.807) is 0 Å². The Morgan fingerprint density at radius 1 is 1.26 bits per heavy atom. The third-order valence-corrected chi connectivity index (χ3v) is 4.01. The number of rotatable bonds is 1. The van der Waals surface area contributed by atoms with Crippen molar-refractivity contribution in [3.63, 3.8) is 0 Å². The van der Waals surface area contributed by atoms with E-state index >= 15 is 0 Å². The largest absolute Gasteiger partial charge is 0.422 e. The molecule has 0 bridgehead atoms. The van der Waals surface area contributed by atoms with Crippen LogP contribution < -0.4 is 10.5 Å². The van der Waals surface area contributed by atoms with Crippen molar-refractivity contribution in [3.05, 3.63) is 38.7 Å². The molecule has 1 aromatic heterocycles. The van der Waals surface area contributed by atoms with Crippen LogP contribution in [0.3, 0.4) is 0 Å². The smallest absolute Gasteiger partial charge is 0.352 e. The van der Waals surface area contributed by atoms with Gasteiger partial charge in [0, 0.05) is 18.5 Å². The average Bonchev–Trinajstić information content (AvgIpc) is 2.42. The van der Waals surface area contributed by atoms with Gasteiger partial charge in [0.05, 0.1) is 18.9 Å². The number of morpholine rings is 1. The number of halogens is 1. The third kappa shape index (κ3) is 2.28. The predicted octanol–water partition coefficient (Wildman–Crippen LogP) is 2.70. The number of ether oxygens (including phenoxy) is 1. The highest BCUT2D eigenvalue weighted by molar-refractivity contribution is 9.10. The molecule has 1 saturated heterocycles. The van der Waals surface area contributed by atoms with E-state index in [-0.39, 0.29) is 5.63 Å². The zero-order chi connectivity index (χ0) is 13.4. The molecule has 1 aliphatic rings. The molecule has 3 rings (SSSR count). The van der Waals surface area contributed by atoms with Gasteiger partial charge in [0.25, 0.3) is 0 Å². The number of hydrogen-bond acceptors (Lipinski definition) is 4. The highest BCUT2D eigenvalue weighted by Gasteiger charge is 2.20. The Morgan fingerprint density at radius 3 is 2.74 bits per heavy atom. The van der Waals surface area contributed by atoms with Gasteiger partial charge in [-0.05, 0) is 35.0 Å². The maximum Gasteiger partial charge on any atom is 0.352 e. The minimum atomic E-state index is -0.335. The van der Waals surface area contributed by atoms with Crippen LogP contribution in [0.25, 0.3) is 11.0 Å². The van der Waals surface area contributed by atoms with Crippen LogP contribution in [0.5, 0.6) is 0 Å². The summed E-state index contributed by atoms with van der Waals surface area (Å²) in [6, 6.07) is 5.85. The second kappa shape index (κ2) is 4.98. The Kier molecular flexibility index (Phi) is 3.33. The molecule has 5 heteroatoms. The molecular weight excluding hydrogens is 310 g/mol. The van der Waals surface area contributed by atoms with Gasteiger partial charge in [-0.1, -0.05) is 11.6 Å². The topological polar surface area (TPSA) is 42.7 Å². The number of fused-ring (bicyclic) bond motifs is 1.